The van der Waals surface area contributed by atoms with Gasteiger partial charge >= 0.3 is 5.97 Å². The van der Waals surface area contributed by atoms with Crippen LogP contribution in [0.4, 0.5) is 4.39 Å². The Bertz CT molecular complexity index is 978. The second-order valence-electron chi connectivity index (χ2n) is 5.79. The van der Waals surface area contributed by atoms with E-state index in [1.807, 2.05) is 0 Å². The van der Waals surface area contributed by atoms with Crippen LogP contribution in [0.5, 0.6) is 0 Å². The Morgan fingerprint density at radius 2 is 2.12 bits per heavy atom. The van der Waals surface area contributed by atoms with Crippen molar-refractivity contribution in [2.75, 3.05) is 7.11 Å². The molecule has 0 amide bonds. The lowest BCUT2D eigenvalue weighted by molar-refractivity contribution is -0.117. The molecule has 0 saturated heterocycles. The number of esters is 1. The van der Waals surface area contributed by atoms with Gasteiger partial charge in [0.05, 0.1) is 18.6 Å². The first-order valence-corrected chi connectivity index (χ1v) is 8.53. The van der Waals surface area contributed by atoms with E-state index in [0.29, 0.717) is 21.4 Å². The van der Waals surface area contributed by atoms with Crippen molar-refractivity contribution in [1.29, 1.82) is 0 Å². The molecule has 0 aromatic carbocycles. The van der Waals surface area contributed by atoms with E-state index in [4.69, 9.17) is 4.74 Å². The Balaban J connectivity index is 2.07. The first-order chi connectivity index (χ1) is 12.3. The number of nitrogens with one attached hydrogen (secondary N) is 1. The van der Waals surface area contributed by atoms with Crippen molar-refractivity contribution in [3.63, 3.8) is 0 Å². The highest BCUT2D eigenvalue weighted by Crippen LogP contribution is 2.38. The van der Waals surface area contributed by atoms with Gasteiger partial charge in [-0.1, -0.05) is 12.2 Å². The van der Waals surface area contributed by atoms with Crippen LogP contribution in [0.3, 0.4) is 0 Å². The van der Waals surface area contributed by atoms with Gasteiger partial charge in [-0.25, -0.2) is 19.2 Å². The number of carbonyl (C=O) groups is 2. The fourth-order valence-corrected chi connectivity index (χ4v) is 3.32. The van der Waals surface area contributed by atoms with E-state index in [0.717, 1.165) is 0 Å². The van der Waals surface area contributed by atoms with Crippen molar-refractivity contribution >= 4 is 33.3 Å². The molecule has 0 fully saturated rings. The third-order valence-electron chi connectivity index (χ3n) is 4.07. The summed E-state index contributed by atoms with van der Waals surface area (Å²) >= 11 is 3.36. The van der Waals surface area contributed by atoms with Crippen LogP contribution >= 0.6 is 15.9 Å². The zero-order valence-electron chi connectivity index (χ0n) is 14.3. The molecule has 2 heterocycles. The highest BCUT2D eigenvalue weighted by molar-refractivity contribution is 9.10. The summed E-state index contributed by atoms with van der Waals surface area (Å²) in [5.74, 6) is -3.16. The Hall–Kier alpha value is -2.61. The fourth-order valence-electron chi connectivity index (χ4n) is 2.78. The third kappa shape index (κ3) is 3.01. The number of H-pyrrole nitrogens is 1. The van der Waals surface area contributed by atoms with Crippen molar-refractivity contribution in [3.05, 3.63) is 63.2 Å². The first-order valence-electron chi connectivity index (χ1n) is 7.73. The monoisotopic (exact) mass is 419 g/mol. The lowest BCUT2D eigenvalue weighted by atomic mass is 9.87. The summed E-state index contributed by atoms with van der Waals surface area (Å²) in [6.07, 6.45) is 4.50. The molecule has 2 aromatic rings. The minimum Gasteiger partial charge on any atom is -0.464 e. The topological polar surface area (TPSA) is 84.9 Å². The summed E-state index contributed by atoms with van der Waals surface area (Å²) in [5, 5.41) is 0. The summed E-state index contributed by atoms with van der Waals surface area (Å²) in [4.78, 5) is 35.8. The maximum Gasteiger partial charge on any atom is 0.354 e. The van der Waals surface area contributed by atoms with Crippen molar-refractivity contribution in [2.45, 2.75) is 19.8 Å². The number of methoxy groups -OCH3 is 1. The van der Waals surface area contributed by atoms with Crippen LogP contribution in [0.1, 0.15) is 39.2 Å². The van der Waals surface area contributed by atoms with Gasteiger partial charge in [-0.15, -0.1) is 0 Å². The van der Waals surface area contributed by atoms with Gasteiger partial charge in [0.25, 0.3) is 0 Å². The summed E-state index contributed by atoms with van der Waals surface area (Å²) in [5.41, 5.74) is 1.78. The summed E-state index contributed by atoms with van der Waals surface area (Å²) in [6.45, 7) is 3.48. The molecule has 8 heteroatoms. The van der Waals surface area contributed by atoms with Crippen LogP contribution < -0.4 is 0 Å². The van der Waals surface area contributed by atoms with Gasteiger partial charge in [0.15, 0.2) is 11.7 Å². The molecule has 1 aliphatic rings. The molecular formula is C18H15BrFN3O3. The predicted octanol–water partition coefficient (Wildman–Crippen LogP) is 3.57. The number of aromatic amines is 1. The average molecular weight is 420 g/mol. The van der Waals surface area contributed by atoms with Gasteiger partial charge in [-0.2, -0.15) is 0 Å². The molecule has 3 rings (SSSR count). The third-order valence-corrected chi connectivity index (χ3v) is 5.10. The Kier molecular flexibility index (Phi) is 4.86. The van der Waals surface area contributed by atoms with Crippen LogP contribution in [-0.2, 0) is 9.53 Å². The average Bonchev–Trinajstić information content (AvgIpc) is 2.92. The Labute approximate surface area is 157 Å². The Morgan fingerprint density at radius 1 is 1.38 bits per heavy atom. The molecule has 1 atom stereocenters. The molecule has 0 bridgehead atoms. The van der Waals surface area contributed by atoms with Gasteiger partial charge < -0.3 is 9.72 Å². The number of ether oxygens (including phenoxy) is 1. The quantitative estimate of drug-likeness (QED) is 0.768. The molecule has 0 spiro atoms. The molecule has 26 heavy (non-hydrogen) atoms. The van der Waals surface area contributed by atoms with Crippen molar-refractivity contribution in [1.82, 2.24) is 15.0 Å². The Morgan fingerprint density at radius 3 is 2.77 bits per heavy atom. The SMILES string of the molecule is COC(=O)c1[nH]c(C)c(Br)c1C1C=CC(c2nccc(C)n2)=C(F)C1=O. The number of aryl methyl sites for hydroxylation is 2. The van der Waals surface area contributed by atoms with Crippen LogP contribution in [0.25, 0.3) is 5.57 Å². The van der Waals surface area contributed by atoms with Crippen molar-refractivity contribution < 1.29 is 18.7 Å². The molecule has 2 aromatic heterocycles. The van der Waals surface area contributed by atoms with Gasteiger partial charge in [0.1, 0.15) is 5.69 Å². The zero-order chi connectivity index (χ0) is 19.0. The van der Waals surface area contributed by atoms with Gasteiger partial charge in [-0.05, 0) is 35.8 Å². The maximum atomic E-state index is 14.8. The molecule has 1 unspecified atom stereocenters. The van der Waals surface area contributed by atoms with Crippen LogP contribution in [0.2, 0.25) is 0 Å². The highest BCUT2D eigenvalue weighted by Gasteiger charge is 2.35. The van der Waals surface area contributed by atoms with E-state index in [2.05, 4.69) is 30.9 Å². The lowest BCUT2D eigenvalue weighted by Crippen LogP contribution is -2.19. The number of Topliss-reactive ketones (excluding diaryl/α,β-unsaturated/α-hetero) is 1. The molecule has 6 nitrogen and oxygen atoms in total. The van der Waals surface area contributed by atoms with E-state index in [-0.39, 0.29) is 17.1 Å². The number of carbonyl (C=O) groups excluding carboxylic acids is 2. The number of halogens is 2. The van der Waals surface area contributed by atoms with Crippen molar-refractivity contribution in [3.8, 4) is 0 Å². The number of hydrogen-bond donors (Lipinski definition) is 1. The predicted molar refractivity (Wildman–Crippen MR) is 96.3 cm³/mol. The second kappa shape index (κ2) is 6.95. The van der Waals surface area contributed by atoms with E-state index in [9.17, 15) is 14.0 Å². The molecular weight excluding hydrogens is 405 g/mol. The van der Waals surface area contributed by atoms with Gasteiger partial charge in [-0.3, -0.25) is 4.79 Å². The largest absolute Gasteiger partial charge is 0.464 e. The molecule has 1 N–H and O–H groups in total. The van der Waals surface area contributed by atoms with E-state index in [1.54, 1.807) is 19.9 Å². The minimum absolute atomic E-state index is 0.0259. The number of hydrogen-bond acceptors (Lipinski definition) is 5. The second-order valence-corrected chi connectivity index (χ2v) is 6.59. The summed E-state index contributed by atoms with van der Waals surface area (Å²) < 4.78 is 20.1. The van der Waals surface area contributed by atoms with E-state index in [1.165, 1.54) is 25.5 Å². The highest BCUT2D eigenvalue weighted by atomic mass is 79.9. The standard InChI is InChI=1S/C18H15BrFN3O3/c1-8-6-7-21-17(22-8)11-5-4-10(16(24)14(11)20)12-13(19)9(2)23-15(12)18(25)26-3/h4-7,10,23H,1-3H3. The summed E-state index contributed by atoms with van der Waals surface area (Å²) in [6, 6.07) is 1.68. The van der Waals surface area contributed by atoms with E-state index >= 15 is 0 Å². The number of rotatable bonds is 3. The van der Waals surface area contributed by atoms with Gasteiger partial charge in [0.2, 0.25) is 5.78 Å². The molecule has 134 valence electrons. The number of ketones is 1. The first kappa shape index (κ1) is 18.2. The smallest absolute Gasteiger partial charge is 0.354 e. The minimum atomic E-state index is -0.961. The molecule has 0 saturated carbocycles. The van der Waals surface area contributed by atoms with Crippen LogP contribution in [0, 0.1) is 13.8 Å². The normalized spacial score (nSPS) is 17.0. The zero-order valence-corrected chi connectivity index (χ0v) is 15.8. The molecule has 0 radical (unpaired) electrons. The number of allylic oxidation sites excluding steroid dienone is 4. The van der Waals surface area contributed by atoms with Crippen LogP contribution in [-0.4, -0.2) is 33.8 Å². The fraction of sp³-hybridized carbons (Fsp3) is 0.222. The lowest BCUT2D eigenvalue weighted by Gasteiger charge is -2.17. The number of aromatic nitrogens is 3. The maximum absolute atomic E-state index is 14.8. The van der Waals surface area contributed by atoms with Crippen LogP contribution in [0.15, 0.2) is 34.7 Å². The van der Waals surface area contributed by atoms with Crippen molar-refractivity contribution in [2.24, 2.45) is 0 Å². The van der Waals surface area contributed by atoms with Gasteiger partial charge in [0, 0.05) is 27.6 Å². The molecule has 0 aliphatic heterocycles. The van der Waals surface area contributed by atoms with E-state index < -0.39 is 23.5 Å². The number of nitrogens with zero attached hydrogens (tertiary/aromatic N) is 2. The molecule has 1 aliphatic carbocycles. The summed E-state index contributed by atoms with van der Waals surface area (Å²) in [7, 11) is 1.24.